The Morgan fingerprint density at radius 2 is 1.68 bits per heavy atom. The van der Waals surface area contributed by atoms with E-state index in [-0.39, 0.29) is 29.3 Å². The summed E-state index contributed by atoms with van der Waals surface area (Å²) in [5, 5.41) is 5.58. The van der Waals surface area contributed by atoms with Gasteiger partial charge in [-0.3, -0.25) is 14.4 Å². The van der Waals surface area contributed by atoms with Crippen LogP contribution < -0.4 is 10.6 Å². The fraction of sp³-hybridized carbons (Fsp3) is 0.826. The summed E-state index contributed by atoms with van der Waals surface area (Å²) in [6.45, 7) is 7.00. The van der Waals surface area contributed by atoms with Crippen LogP contribution in [0.2, 0.25) is 0 Å². The number of hydrogen-bond acceptors (Lipinski definition) is 5. The smallest absolute Gasteiger partial charge is 0.308 e. The number of carbonyl (C=O) groups excluding carboxylic acids is 3. The molecular weight excluding hydrogens is 414 g/mol. The van der Waals surface area contributed by atoms with Gasteiger partial charge in [0.25, 0.3) is 0 Å². The molecule has 1 fully saturated rings. The van der Waals surface area contributed by atoms with Crippen LogP contribution in [0.25, 0.3) is 0 Å². The van der Waals surface area contributed by atoms with Crippen LogP contribution >= 0.6 is 12.2 Å². The number of thiocarbonyl (C=S) groups is 1. The highest BCUT2D eigenvalue weighted by atomic mass is 32.1. The summed E-state index contributed by atoms with van der Waals surface area (Å²) in [5.74, 6) is -1.12. The molecule has 0 saturated carbocycles. The summed E-state index contributed by atoms with van der Waals surface area (Å²) >= 11 is 5.30. The predicted molar refractivity (Wildman–Crippen MR) is 127 cm³/mol. The van der Waals surface area contributed by atoms with Gasteiger partial charge in [-0.25, -0.2) is 0 Å². The molecule has 178 valence electrons. The Hall–Kier alpha value is -1.70. The molecule has 31 heavy (non-hydrogen) atoms. The van der Waals surface area contributed by atoms with Crippen molar-refractivity contribution < 1.29 is 19.1 Å². The average Bonchev–Trinajstić information content (AvgIpc) is 2.73. The van der Waals surface area contributed by atoms with Crippen LogP contribution in [0.3, 0.4) is 0 Å². The molecule has 0 spiro atoms. The molecule has 0 aliphatic carbocycles. The predicted octanol–water partition coefficient (Wildman–Crippen LogP) is 3.70. The maximum atomic E-state index is 12.3. The van der Waals surface area contributed by atoms with Crippen molar-refractivity contribution in [3.05, 3.63) is 0 Å². The van der Waals surface area contributed by atoms with E-state index in [1.165, 1.54) is 44.9 Å². The number of esters is 1. The quantitative estimate of drug-likeness (QED) is 0.236. The minimum absolute atomic E-state index is 0.0821. The first kappa shape index (κ1) is 27.3. The molecule has 0 radical (unpaired) electrons. The third-order valence-electron chi connectivity index (χ3n) is 5.47. The Labute approximate surface area is 193 Å². The van der Waals surface area contributed by atoms with Gasteiger partial charge in [-0.15, -0.1) is 0 Å². The van der Waals surface area contributed by atoms with Crippen LogP contribution in [0.4, 0.5) is 0 Å². The summed E-state index contributed by atoms with van der Waals surface area (Å²) in [6.07, 6.45) is 12.1. The van der Waals surface area contributed by atoms with Gasteiger partial charge >= 0.3 is 5.97 Å². The van der Waals surface area contributed by atoms with E-state index in [1.807, 2.05) is 0 Å². The van der Waals surface area contributed by atoms with Gasteiger partial charge < -0.3 is 20.3 Å². The molecule has 0 bridgehead atoms. The van der Waals surface area contributed by atoms with Crippen LogP contribution in [0.1, 0.15) is 91.4 Å². The lowest BCUT2D eigenvalue weighted by Crippen LogP contribution is -2.60. The van der Waals surface area contributed by atoms with Crippen LogP contribution in [0, 0.1) is 5.92 Å². The molecular formula is C23H41N3O4S. The van der Waals surface area contributed by atoms with Crippen molar-refractivity contribution in [2.24, 2.45) is 5.92 Å². The SMILES string of the molecule is CCCCCCCCCCCCOC(=O)CC1C(=O)NCCN1C(=S)NC(=O)C(C)C. The highest BCUT2D eigenvalue weighted by Crippen LogP contribution is 2.13. The highest BCUT2D eigenvalue weighted by molar-refractivity contribution is 7.80. The van der Waals surface area contributed by atoms with Gasteiger partial charge in [-0.05, 0) is 18.6 Å². The van der Waals surface area contributed by atoms with Gasteiger partial charge in [-0.2, -0.15) is 0 Å². The molecule has 1 heterocycles. The number of hydrogen-bond donors (Lipinski definition) is 2. The third-order valence-corrected chi connectivity index (χ3v) is 5.80. The lowest BCUT2D eigenvalue weighted by Gasteiger charge is -2.36. The monoisotopic (exact) mass is 455 g/mol. The van der Waals surface area contributed by atoms with E-state index in [9.17, 15) is 14.4 Å². The Bertz CT molecular complexity index is 583. The first-order valence-electron chi connectivity index (χ1n) is 11.9. The van der Waals surface area contributed by atoms with Crippen LogP contribution in [-0.4, -0.2) is 53.5 Å². The zero-order chi connectivity index (χ0) is 23.1. The van der Waals surface area contributed by atoms with E-state index in [4.69, 9.17) is 17.0 Å². The van der Waals surface area contributed by atoms with Gasteiger partial charge in [0.2, 0.25) is 11.8 Å². The van der Waals surface area contributed by atoms with Gasteiger partial charge in [0.05, 0.1) is 13.0 Å². The number of ether oxygens (including phenoxy) is 1. The summed E-state index contributed by atoms with van der Waals surface area (Å²) in [6, 6.07) is -0.756. The zero-order valence-corrected chi connectivity index (χ0v) is 20.4. The standard InChI is InChI=1S/C23H41N3O4S/c1-4-5-6-7-8-9-10-11-12-13-16-30-20(27)17-19-22(29)24-14-15-26(19)23(31)25-21(28)18(2)3/h18-19H,4-17H2,1-3H3,(H,24,29)(H,25,28,31). The molecule has 0 aromatic heterocycles. The topological polar surface area (TPSA) is 87.7 Å². The van der Waals surface area contributed by atoms with E-state index in [0.717, 1.165) is 19.3 Å². The summed E-state index contributed by atoms with van der Waals surface area (Å²) in [5.41, 5.74) is 0. The Balaban J connectivity index is 2.26. The third kappa shape index (κ3) is 11.5. The molecule has 1 unspecified atom stereocenters. The van der Waals surface area contributed by atoms with Gasteiger partial charge in [0.1, 0.15) is 6.04 Å². The Morgan fingerprint density at radius 3 is 2.26 bits per heavy atom. The second-order valence-corrected chi connectivity index (χ2v) is 8.94. The molecule has 1 atom stereocenters. The molecule has 8 heteroatoms. The van der Waals surface area contributed by atoms with E-state index >= 15 is 0 Å². The highest BCUT2D eigenvalue weighted by Gasteiger charge is 2.34. The van der Waals surface area contributed by atoms with E-state index in [2.05, 4.69) is 17.6 Å². The molecule has 0 aromatic rings. The van der Waals surface area contributed by atoms with Crippen molar-refractivity contribution in [1.82, 2.24) is 15.5 Å². The van der Waals surface area contributed by atoms with Crippen molar-refractivity contribution >= 4 is 35.1 Å². The van der Waals surface area contributed by atoms with Crippen molar-refractivity contribution in [2.75, 3.05) is 19.7 Å². The lowest BCUT2D eigenvalue weighted by molar-refractivity contribution is -0.147. The molecule has 7 nitrogen and oxygen atoms in total. The van der Waals surface area contributed by atoms with Crippen LogP contribution in [-0.2, 0) is 19.1 Å². The largest absolute Gasteiger partial charge is 0.466 e. The molecule has 1 rings (SSSR count). The minimum Gasteiger partial charge on any atom is -0.466 e. The van der Waals surface area contributed by atoms with Crippen molar-refractivity contribution in [2.45, 2.75) is 97.4 Å². The van der Waals surface area contributed by atoms with Gasteiger partial charge in [0.15, 0.2) is 5.11 Å². The molecule has 0 aromatic carbocycles. The van der Waals surface area contributed by atoms with Gasteiger partial charge in [0, 0.05) is 19.0 Å². The van der Waals surface area contributed by atoms with Crippen LogP contribution in [0.5, 0.6) is 0 Å². The number of unbranched alkanes of at least 4 members (excludes halogenated alkanes) is 9. The van der Waals surface area contributed by atoms with E-state index < -0.39 is 12.0 Å². The number of rotatable bonds is 14. The molecule has 2 N–H and O–H groups in total. The first-order chi connectivity index (χ1) is 14.9. The summed E-state index contributed by atoms with van der Waals surface area (Å²) < 4.78 is 5.34. The average molecular weight is 456 g/mol. The first-order valence-corrected chi connectivity index (χ1v) is 12.3. The second-order valence-electron chi connectivity index (χ2n) is 8.56. The fourth-order valence-electron chi connectivity index (χ4n) is 3.47. The van der Waals surface area contributed by atoms with Gasteiger partial charge in [-0.1, -0.05) is 78.6 Å². The molecule has 1 saturated heterocycles. The number of piperazine rings is 1. The van der Waals surface area contributed by atoms with Crippen molar-refractivity contribution in [1.29, 1.82) is 0 Å². The number of amides is 2. The van der Waals surface area contributed by atoms with Crippen molar-refractivity contribution in [3.8, 4) is 0 Å². The second kappa shape index (κ2) is 16.0. The molecule has 1 aliphatic heterocycles. The summed E-state index contributed by atoms with van der Waals surface area (Å²) in [7, 11) is 0. The van der Waals surface area contributed by atoms with Crippen molar-refractivity contribution in [3.63, 3.8) is 0 Å². The minimum atomic E-state index is -0.756. The molecule has 1 aliphatic rings. The fourth-order valence-corrected chi connectivity index (χ4v) is 3.79. The number of nitrogens with zero attached hydrogens (tertiary/aromatic N) is 1. The Kier molecular flexibility index (Phi) is 14.1. The van der Waals surface area contributed by atoms with Crippen LogP contribution in [0.15, 0.2) is 0 Å². The molecule has 2 amide bonds. The number of carbonyl (C=O) groups is 3. The van der Waals surface area contributed by atoms with E-state index in [1.54, 1.807) is 18.7 Å². The Morgan fingerprint density at radius 1 is 1.10 bits per heavy atom. The van der Waals surface area contributed by atoms with E-state index in [0.29, 0.717) is 19.7 Å². The lowest BCUT2D eigenvalue weighted by atomic mass is 10.1. The zero-order valence-electron chi connectivity index (χ0n) is 19.5. The number of nitrogens with one attached hydrogen (secondary N) is 2. The maximum absolute atomic E-state index is 12.3. The summed E-state index contributed by atoms with van der Waals surface area (Å²) in [4.78, 5) is 38.1. The normalized spacial score (nSPS) is 16.2. The maximum Gasteiger partial charge on any atom is 0.308 e.